The fourth-order valence-corrected chi connectivity index (χ4v) is 4.87. The topological polar surface area (TPSA) is 9.23 Å². The number of ether oxygens (including phenoxy) is 1. The fourth-order valence-electron chi connectivity index (χ4n) is 4.87. The van der Waals surface area contributed by atoms with E-state index in [-0.39, 0.29) is 5.75 Å². The Labute approximate surface area is 193 Å². The molecule has 0 unspecified atom stereocenters. The number of unbranched alkanes of at least 4 members (excludes halogenated alkanes) is 4. The van der Waals surface area contributed by atoms with Crippen LogP contribution in [-0.4, -0.2) is 6.61 Å². The van der Waals surface area contributed by atoms with Gasteiger partial charge < -0.3 is 4.74 Å². The third kappa shape index (κ3) is 7.05. The van der Waals surface area contributed by atoms with Gasteiger partial charge in [-0.05, 0) is 60.8 Å². The largest absolute Gasteiger partial charge is 0.490 e. The summed E-state index contributed by atoms with van der Waals surface area (Å²) in [5, 5.41) is 0. The number of benzene rings is 2. The third-order valence-electron chi connectivity index (χ3n) is 7.04. The van der Waals surface area contributed by atoms with E-state index in [0.717, 1.165) is 31.6 Å². The number of aryl methyl sites for hydroxylation is 1. The lowest BCUT2D eigenvalue weighted by molar-refractivity contribution is 0.172. The summed E-state index contributed by atoms with van der Waals surface area (Å²) in [5.74, 6) is -0.375. The SMILES string of the molecule is CCCCCc1ccc(-c2ccc(OCC3CCC(CCCCC)CC3)c(F)c2F)cc1. The number of rotatable bonds is 12. The van der Waals surface area contributed by atoms with Crippen molar-refractivity contribution in [3.63, 3.8) is 0 Å². The summed E-state index contributed by atoms with van der Waals surface area (Å²) < 4.78 is 35.3. The summed E-state index contributed by atoms with van der Waals surface area (Å²) >= 11 is 0. The Balaban J connectivity index is 1.52. The van der Waals surface area contributed by atoms with Crippen LogP contribution in [0.4, 0.5) is 8.78 Å². The summed E-state index contributed by atoms with van der Waals surface area (Å²) in [5.41, 5.74) is 2.24. The lowest BCUT2D eigenvalue weighted by Gasteiger charge is -2.28. The maximum Gasteiger partial charge on any atom is 0.201 e. The maximum absolute atomic E-state index is 14.8. The summed E-state index contributed by atoms with van der Waals surface area (Å²) in [6, 6.07) is 11.0. The van der Waals surface area contributed by atoms with Crippen LogP contribution in [0.1, 0.15) is 90.0 Å². The predicted octanol–water partition coefficient (Wildman–Crippen LogP) is 9.13. The maximum atomic E-state index is 14.8. The highest BCUT2D eigenvalue weighted by molar-refractivity contribution is 5.65. The predicted molar refractivity (Wildman–Crippen MR) is 130 cm³/mol. The quantitative estimate of drug-likeness (QED) is 0.298. The van der Waals surface area contributed by atoms with Crippen molar-refractivity contribution in [3.8, 4) is 16.9 Å². The average molecular weight is 443 g/mol. The van der Waals surface area contributed by atoms with Crippen molar-refractivity contribution in [2.24, 2.45) is 11.8 Å². The molecule has 0 radical (unpaired) electrons. The van der Waals surface area contributed by atoms with Crippen molar-refractivity contribution in [2.45, 2.75) is 90.9 Å². The van der Waals surface area contributed by atoms with E-state index in [1.807, 2.05) is 24.3 Å². The van der Waals surface area contributed by atoms with Crippen LogP contribution in [0.5, 0.6) is 5.75 Å². The van der Waals surface area contributed by atoms with Crippen LogP contribution in [0.25, 0.3) is 11.1 Å². The Morgan fingerprint density at radius 3 is 2.09 bits per heavy atom. The molecule has 0 bridgehead atoms. The molecule has 0 heterocycles. The van der Waals surface area contributed by atoms with Crippen LogP contribution in [0.3, 0.4) is 0 Å². The van der Waals surface area contributed by atoms with Gasteiger partial charge in [-0.1, -0.05) is 89.5 Å². The normalized spacial score (nSPS) is 18.6. The van der Waals surface area contributed by atoms with Gasteiger partial charge in [0, 0.05) is 5.56 Å². The molecular weight excluding hydrogens is 402 g/mol. The van der Waals surface area contributed by atoms with Gasteiger partial charge in [-0.2, -0.15) is 4.39 Å². The van der Waals surface area contributed by atoms with Crippen molar-refractivity contribution >= 4 is 0 Å². The van der Waals surface area contributed by atoms with E-state index in [9.17, 15) is 8.78 Å². The third-order valence-corrected chi connectivity index (χ3v) is 7.04. The van der Waals surface area contributed by atoms with Gasteiger partial charge in [-0.15, -0.1) is 0 Å². The smallest absolute Gasteiger partial charge is 0.201 e. The zero-order valence-corrected chi connectivity index (χ0v) is 20.0. The highest BCUT2D eigenvalue weighted by Gasteiger charge is 2.22. The van der Waals surface area contributed by atoms with Gasteiger partial charge in [0.15, 0.2) is 11.6 Å². The van der Waals surface area contributed by atoms with Gasteiger partial charge in [0.25, 0.3) is 0 Å². The number of halogens is 2. The second kappa shape index (κ2) is 13.0. The average Bonchev–Trinajstić information content (AvgIpc) is 2.82. The van der Waals surface area contributed by atoms with Crippen molar-refractivity contribution in [1.29, 1.82) is 0 Å². The molecule has 2 aromatic rings. The number of hydrogen-bond acceptors (Lipinski definition) is 1. The van der Waals surface area contributed by atoms with Crippen LogP contribution in [0.15, 0.2) is 36.4 Å². The molecule has 1 aliphatic carbocycles. The van der Waals surface area contributed by atoms with E-state index in [1.165, 1.54) is 56.9 Å². The van der Waals surface area contributed by atoms with E-state index >= 15 is 0 Å². The van der Waals surface area contributed by atoms with Gasteiger partial charge in [0.1, 0.15) is 0 Å². The Morgan fingerprint density at radius 1 is 0.750 bits per heavy atom. The van der Waals surface area contributed by atoms with Crippen molar-refractivity contribution in [3.05, 3.63) is 53.6 Å². The molecule has 2 aromatic carbocycles. The molecule has 1 aliphatic rings. The second-order valence-electron chi connectivity index (χ2n) is 9.59. The minimum absolute atomic E-state index is 0.0347. The highest BCUT2D eigenvalue weighted by Crippen LogP contribution is 2.34. The molecule has 0 aliphatic heterocycles. The van der Waals surface area contributed by atoms with Crippen molar-refractivity contribution in [2.75, 3.05) is 6.61 Å². The van der Waals surface area contributed by atoms with E-state index in [2.05, 4.69) is 13.8 Å². The highest BCUT2D eigenvalue weighted by atomic mass is 19.2. The second-order valence-corrected chi connectivity index (χ2v) is 9.59. The van der Waals surface area contributed by atoms with Gasteiger partial charge in [0.05, 0.1) is 6.61 Å². The summed E-state index contributed by atoms with van der Waals surface area (Å²) in [6.07, 6.45) is 14.6. The monoisotopic (exact) mass is 442 g/mol. The summed E-state index contributed by atoms with van der Waals surface area (Å²) in [6.45, 7) is 4.91. The summed E-state index contributed by atoms with van der Waals surface area (Å²) in [4.78, 5) is 0. The Bertz CT molecular complexity index is 807. The molecule has 0 atom stereocenters. The van der Waals surface area contributed by atoms with Gasteiger partial charge in [-0.25, -0.2) is 4.39 Å². The summed E-state index contributed by atoms with van der Waals surface area (Å²) in [7, 11) is 0. The van der Waals surface area contributed by atoms with E-state index in [1.54, 1.807) is 12.1 Å². The molecule has 1 saturated carbocycles. The first-order valence-corrected chi connectivity index (χ1v) is 12.8. The molecule has 1 fully saturated rings. The zero-order valence-electron chi connectivity index (χ0n) is 20.0. The lowest BCUT2D eigenvalue weighted by Crippen LogP contribution is -2.20. The molecule has 1 nitrogen and oxygen atoms in total. The first-order valence-electron chi connectivity index (χ1n) is 12.8. The van der Waals surface area contributed by atoms with Crippen LogP contribution in [0, 0.1) is 23.5 Å². The lowest BCUT2D eigenvalue weighted by atomic mass is 9.80. The first-order chi connectivity index (χ1) is 15.6. The Kier molecular flexibility index (Phi) is 10.0. The molecular formula is C29H40F2O. The van der Waals surface area contributed by atoms with E-state index < -0.39 is 11.6 Å². The van der Waals surface area contributed by atoms with Crippen LogP contribution < -0.4 is 4.74 Å². The van der Waals surface area contributed by atoms with Crippen LogP contribution in [0.2, 0.25) is 0 Å². The van der Waals surface area contributed by atoms with Crippen molar-refractivity contribution < 1.29 is 13.5 Å². The molecule has 176 valence electrons. The minimum atomic E-state index is -0.872. The first kappa shape index (κ1) is 24.7. The molecule has 32 heavy (non-hydrogen) atoms. The molecule has 0 saturated heterocycles. The van der Waals surface area contributed by atoms with Gasteiger partial charge >= 0.3 is 0 Å². The molecule has 3 rings (SSSR count). The van der Waals surface area contributed by atoms with Crippen LogP contribution >= 0.6 is 0 Å². The molecule has 3 heteroatoms. The van der Waals surface area contributed by atoms with E-state index in [0.29, 0.717) is 23.7 Å². The molecule has 0 spiro atoms. The molecule has 0 amide bonds. The Hall–Kier alpha value is -1.90. The van der Waals surface area contributed by atoms with Crippen molar-refractivity contribution in [1.82, 2.24) is 0 Å². The van der Waals surface area contributed by atoms with Gasteiger partial charge in [0.2, 0.25) is 5.82 Å². The zero-order chi connectivity index (χ0) is 22.8. The molecule has 0 N–H and O–H groups in total. The Morgan fingerprint density at radius 2 is 1.41 bits per heavy atom. The molecule has 0 aromatic heterocycles. The number of hydrogen-bond donors (Lipinski definition) is 0. The van der Waals surface area contributed by atoms with Crippen LogP contribution in [-0.2, 0) is 6.42 Å². The van der Waals surface area contributed by atoms with Gasteiger partial charge in [-0.3, -0.25) is 0 Å². The fraction of sp³-hybridized carbons (Fsp3) is 0.586. The standard InChI is InChI=1S/C29H40F2O/c1-3-5-7-9-22-11-13-24(14-12-22)21-32-27-20-19-26(28(30)29(27)31)25-17-15-23(16-18-25)10-8-6-4-2/h15-20,22,24H,3-14,21H2,1-2H3. The van der Waals surface area contributed by atoms with E-state index in [4.69, 9.17) is 4.74 Å². The minimum Gasteiger partial charge on any atom is -0.490 e.